The number of para-hydroxylation sites is 1. The Morgan fingerprint density at radius 1 is 0.885 bits per heavy atom. The minimum absolute atomic E-state index is 0.00779. The topological polar surface area (TPSA) is 79.5 Å². The molecule has 0 unspecified atom stereocenters. The molecule has 1 aliphatic heterocycles. The summed E-state index contributed by atoms with van der Waals surface area (Å²) in [6, 6.07) is 18.4. The van der Waals surface area contributed by atoms with E-state index in [9.17, 15) is 9.59 Å². The van der Waals surface area contributed by atoms with E-state index >= 15 is 0 Å². The van der Waals surface area contributed by atoms with E-state index in [0.29, 0.717) is 18.0 Å². The first-order chi connectivity index (χ1) is 12.7. The van der Waals surface area contributed by atoms with Gasteiger partial charge in [-0.15, -0.1) is 10.2 Å². The molecule has 3 amide bonds. The molecule has 0 bridgehead atoms. The summed E-state index contributed by atoms with van der Waals surface area (Å²) >= 11 is 0. The van der Waals surface area contributed by atoms with Gasteiger partial charge in [-0.1, -0.05) is 48.5 Å². The Bertz CT molecular complexity index is 924. The van der Waals surface area contributed by atoms with Crippen molar-refractivity contribution >= 4 is 17.6 Å². The summed E-state index contributed by atoms with van der Waals surface area (Å²) in [6.45, 7) is -0.0172. The molecule has 3 aromatic rings. The molecule has 0 radical (unpaired) electrons. The third kappa shape index (κ3) is 3.19. The van der Waals surface area contributed by atoms with Crippen molar-refractivity contribution in [3.05, 3.63) is 78.0 Å². The molecular formula is C19H16N4O3. The van der Waals surface area contributed by atoms with E-state index in [0.717, 1.165) is 10.5 Å². The fourth-order valence-electron chi connectivity index (χ4n) is 2.84. The van der Waals surface area contributed by atoms with Crippen molar-refractivity contribution in [2.45, 2.75) is 13.0 Å². The van der Waals surface area contributed by atoms with E-state index in [-0.39, 0.29) is 30.9 Å². The highest BCUT2D eigenvalue weighted by Gasteiger charge is 2.37. The van der Waals surface area contributed by atoms with Gasteiger partial charge < -0.3 is 4.42 Å². The van der Waals surface area contributed by atoms with Crippen molar-refractivity contribution in [2.75, 3.05) is 11.4 Å². The Morgan fingerprint density at radius 2 is 1.54 bits per heavy atom. The van der Waals surface area contributed by atoms with Crippen LogP contribution >= 0.6 is 0 Å². The summed E-state index contributed by atoms with van der Waals surface area (Å²) in [4.78, 5) is 27.4. The summed E-state index contributed by atoms with van der Waals surface area (Å²) in [5.74, 6) is 0.402. The zero-order valence-electron chi connectivity index (χ0n) is 13.9. The van der Waals surface area contributed by atoms with Gasteiger partial charge >= 0.3 is 6.03 Å². The van der Waals surface area contributed by atoms with E-state index in [2.05, 4.69) is 10.2 Å². The summed E-state index contributed by atoms with van der Waals surface area (Å²) < 4.78 is 5.60. The SMILES string of the molecule is O=C1CN(c2ccccc2)C(=O)N1Cc1nnc(Cc2ccccc2)o1. The summed E-state index contributed by atoms with van der Waals surface area (Å²) in [7, 11) is 0. The zero-order chi connectivity index (χ0) is 17.9. The van der Waals surface area contributed by atoms with Crippen LogP contribution in [0.3, 0.4) is 0 Å². The Balaban J connectivity index is 1.46. The van der Waals surface area contributed by atoms with Gasteiger partial charge in [-0.25, -0.2) is 4.79 Å². The predicted octanol–water partition coefficient (Wildman–Crippen LogP) is 2.63. The van der Waals surface area contributed by atoms with Gasteiger partial charge in [0.15, 0.2) is 0 Å². The number of anilines is 1. The first-order valence-electron chi connectivity index (χ1n) is 8.23. The Labute approximate surface area is 149 Å². The van der Waals surface area contributed by atoms with Gasteiger partial charge in [0.05, 0.1) is 6.42 Å². The third-order valence-corrected chi connectivity index (χ3v) is 4.12. The number of urea groups is 1. The number of rotatable bonds is 5. The molecule has 2 aromatic carbocycles. The van der Waals surface area contributed by atoms with Gasteiger partial charge in [0.25, 0.3) is 5.91 Å². The Hall–Kier alpha value is -3.48. The van der Waals surface area contributed by atoms with Crippen LogP contribution in [0.4, 0.5) is 10.5 Å². The van der Waals surface area contributed by atoms with Crippen LogP contribution in [-0.2, 0) is 17.8 Å². The average Bonchev–Trinajstić information content (AvgIpc) is 3.23. The van der Waals surface area contributed by atoms with E-state index in [4.69, 9.17) is 4.42 Å². The van der Waals surface area contributed by atoms with Crippen LogP contribution in [0, 0.1) is 0 Å². The van der Waals surface area contributed by atoms with Crippen LogP contribution < -0.4 is 4.90 Å². The summed E-state index contributed by atoms with van der Waals surface area (Å²) in [6.07, 6.45) is 0.506. The fourth-order valence-corrected chi connectivity index (χ4v) is 2.84. The second-order valence-corrected chi connectivity index (χ2v) is 5.94. The van der Waals surface area contributed by atoms with Crippen molar-refractivity contribution in [3.63, 3.8) is 0 Å². The largest absolute Gasteiger partial charge is 0.423 e. The minimum atomic E-state index is -0.385. The maximum Gasteiger partial charge on any atom is 0.332 e. The molecule has 7 heteroatoms. The second kappa shape index (κ2) is 6.79. The molecule has 2 heterocycles. The van der Waals surface area contributed by atoms with Crippen LogP contribution in [0.5, 0.6) is 0 Å². The first-order valence-corrected chi connectivity index (χ1v) is 8.23. The molecule has 7 nitrogen and oxygen atoms in total. The molecule has 1 aromatic heterocycles. The van der Waals surface area contributed by atoms with Crippen LogP contribution in [0.25, 0.3) is 0 Å². The van der Waals surface area contributed by atoms with Crippen molar-refractivity contribution < 1.29 is 14.0 Å². The van der Waals surface area contributed by atoms with Crippen LogP contribution in [0.15, 0.2) is 65.1 Å². The summed E-state index contributed by atoms with van der Waals surface area (Å²) in [5, 5.41) is 7.96. The van der Waals surface area contributed by atoms with Crippen molar-refractivity contribution in [3.8, 4) is 0 Å². The highest BCUT2D eigenvalue weighted by molar-refractivity contribution is 6.12. The standard InChI is InChI=1S/C19H16N4O3/c24-18-13-22(15-9-5-2-6-10-15)19(25)23(18)12-17-21-20-16(26-17)11-14-7-3-1-4-8-14/h1-10H,11-13H2. The highest BCUT2D eigenvalue weighted by Crippen LogP contribution is 2.22. The lowest BCUT2D eigenvalue weighted by Gasteiger charge is -2.15. The molecule has 26 heavy (non-hydrogen) atoms. The quantitative estimate of drug-likeness (QED) is 0.662. The number of hydrogen-bond donors (Lipinski definition) is 0. The van der Waals surface area contributed by atoms with Gasteiger partial charge in [-0.05, 0) is 17.7 Å². The second-order valence-electron chi connectivity index (χ2n) is 5.94. The molecular weight excluding hydrogens is 332 g/mol. The Kier molecular flexibility index (Phi) is 4.18. The average molecular weight is 348 g/mol. The van der Waals surface area contributed by atoms with Crippen LogP contribution in [0.1, 0.15) is 17.3 Å². The van der Waals surface area contributed by atoms with Crippen molar-refractivity contribution in [1.82, 2.24) is 15.1 Å². The number of carbonyl (C=O) groups excluding carboxylic acids is 2. The Morgan fingerprint density at radius 3 is 2.27 bits per heavy atom. The van der Waals surface area contributed by atoms with Gasteiger partial charge in [-0.2, -0.15) is 0 Å². The van der Waals surface area contributed by atoms with E-state index in [1.807, 2.05) is 48.5 Å². The molecule has 0 spiro atoms. The zero-order valence-corrected chi connectivity index (χ0v) is 13.9. The fraction of sp³-hybridized carbons (Fsp3) is 0.158. The van der Waals surface area contributed by atoms with Crippen molar-refractivity contribution in [1.29, 1.82) is 0 Å². The number of carbonyl (C=O) groups is 2. The normalized spacial score (nSPS) is 14.3. The lowest BCUT2D eigenvalue weighted by atomic mass is 10.2. The van der Waals surface area contributed by atoms with Gasteiger partial charge in [0.2, 0.25) is 11.8 Å². The van der Waals surface area contributed by atoms with E-state index in [1.54, 1.807) is 12.1 Å². The first kappa shape index (κ1) is 16.0. The molecule has 4 rings (SSSR count). The molecule has 0 aliphatic carbocycles. The molecule has 1 saturated heterocycles. The molecule has 130 valence electrons. The minimum Gasteiger partial charge on any atom is -0.423 e. The van der Waals surface area contributed by atoms with Gasteiger partial charge in [0, 0.05) is 5.69 Å². The lowest BCUT2D eigenvalue weighted by molar-refractivity contribution is -0.125. The number of amides is 3. The number of aromatic nitrogens is 2. The van der Waals surface area contributed by atoms with Gasteiger partial charge in [0.1, 0.15) is 13.1 Å². The smallest absolute Gasteiger partial charge is 0.332 e. The number of benzene rings is 2. The maximum atomic E-state index is 12.6. The number of imide groups is 1. The molecule has 0 saturated carbocycles. The van der Waals surface area contributed by atoms with Gasteiger partial charge in [-0.3, -0.25) is 14.6 Å². The third-order valence-electron chi connectivity index (χ3n) is 4.12. The maximum absolute atomic E-state index is 12.6. The van der Waals surface area contributed by atoms with Crippen LogP contribution in [0.2, 0.25) is 0 Å². The molecule has 0 N–H and O–H groups in total. The molecule has 1 fully saturated rings. The van der Waals surface area contributed by atoms with Crippen LogP contribution in [-0.4, -0.2) is 33.6 Å². The lowest BCUT2D eigenvalue weighted by Crippen LogP contribution is -2.32. The summed E-state index contributed by atoms with van der Waals surface area (Å²) in [5.41, 5.74) is 1.73. The number of nitrogens with zero attached hydrogens (tertiary/aromatic N) is 4. The monoisotopic (exact) mass is 348 g/mol. The predicted molar refractivity (Wildman–Crippen MR) is 93.3 cm³/mol. The molecule has 0 atom stereocenters. The van der Waals surface area contributed by atoms with E-state index < -0.39 is 0 Å². The number of hydrogen-bond acceptors (Lipinski definition) is 5. The highest BCUT2D eigenvalue weighted by atomic mass is 16.4. The molecule has 1 aliphatic rings. The van der Waals surface area contributed by atoms with Crippen molar-refractivity contribution in [2.24, 2.45) is 0 Å². The van der Waals surface area contributed by atoms with E-state index in [1.165, 1.54) is 4.90 Å².